The number of nitrogens with one attached hydrogen (secondary N) is 2. The van der Waals surface area contributed by atoms with Gasteiger partial charge >= 0.3 is 0 Å². The van der Waals surface area contributed by atoms with Gasteiger partial charge in [0.25, 0.3) is 0 Å². The predicted octanol–water partition coefficient (Wildman–Crippen LogP) is 10.0. The summed E-state index contributed by atoms with van der Waals surface area (Å²) in [6, 6.07) is 86.9. The molecule has 0 unspecified atom stereocenters. The molecule has 8 aromatic carbocycles. The molecular weight excluding hydrogens is 1080 g/mol. The average Bonchev–Trinajstić information content (AvgIpc) is 4.36. The van der Waals surface area contributed by atoms with Gasteiger partial charge in [-0.1, -0.05) is 243 Å². The molecule has 0 aromatic heterocycles. The summed E-state index contributed by atoms with van der Waals surface area (Å²) >= 11 is 0. The summed E-state index contributed by atoms with van der Waals surface area (Å²) in [4.78, 5) is 58.9. The zero-order chi connectivity index (χ0) is 56.3. The van der Waals surface area contributed by atoms with Gasteiger partial charge in [0.05, 0.1) is 0 Å². The summed E-state index contributed by atoms with van der Waals surface area (Å²) in [6.07, 6.45) is 3.61. The molecule has 0 aliphatic carbocycles. The van der Waals surface area contributed by atoms with Crippen molar-refractivity contribution >= 4 is 97.8 Å². The Labute approximate surface area is 490 Å². The van der Waals surface area contributed by atoms with Crippen LogP contribution in [0.5, 0.6) is 0 Å². The Hall–Kier alpha value is -6.64. The maximum atomic E-state index is 14.3. The topological polar surface area (TPSA) is 98.8 Å². The van der Waals surface area contributed by atoms with Gasteiger partial charge in [0, 0.05) is 87.6 Å². The van der Waals surface area contributed by atoms with Gasteiger partial charge in [0.2, 0.25) is 23.6 Å². The third kappa shape index (κ3) is 15.3. The molecule has 0 radical (unpaired) electrons. The summed E-state index contributed by atoms with van der Waals surface area (Å²) in [5.74, 6) is 0.102. The molecular formula is C70H74N4O4P4. The molecule has 4 amide bonds. The van der Waals surface area contributed by atoms with Crippen LogP contribution in [0.4, 0.5) is 0 Å². The van der Waals surface area contributed by atoms with E-state index in [0.717, 1.165) is 12.8 Å². The van der Waals surface area contributed by atoms with E-state index in [1.54, 1.807) is 0 Å². The van der Waals surface area contributed by atoms with Crippen LogP contribution in [0.3, 0.4) is 0 Å². The normalized spacial score (nSPS) is 16.9. The first-order valence-corrected chi connectivity index (χ1v) is 34.7. The van der Waals surface area contributed by atoms with Gasteiger partial charge in [-0.15, -0.1) is 0 Å². The van der Waals surface area contributed by atoms with Gasteiger partial charge in [-0.05, 0) is 99.8 Å². The maximum absolute atomic E-state index is 14.3. The largest absolute Gasteiger partial charge is 0.356 e. The Morgan fingerprint density at radius 1 is 0.293 bits per heavy atom. The van der Waals surface area contributed by atoms with E-state index in [4.69, 9.17) is 0 Å². The second kappa shape index (κ2) is 30.1. The second-order valence-corrected chi connectivity index (χ2v) is 30.9. The molecule has 2 aliphatic rings. The van der Waals surface area contributed by atoms with Gasteiger partial charge < -0.3 is 20.4 Å². The fraction of sp³-hybridized carbons (Fsp3) is 0.257. The Kier molecular flexibility index (Phi) is 21.5. The lowest BCUT2D eigenvalue weighted by molar-refractivity contribution is -0.131. The molecule has 2 heterocycles. The van der Waals surface area contributed by atoms with Gasteiger partial charge in [-0.25, -0.2) is 0 Å². The number of rotatable bonds is 25. The quantitative estimate of drug-likeness (QED) is 0.0440. The Morgan fingerprint density at radius 2 is 0.488 bits per heavy atom. The van der Waals surface area contributed by atoms with E-state index in [2.05, 4.69) is 263 Å². The number of hydrogen-bond acceptors (Lipinski definition) is 4. The van der Waals surface area contributed by atoms with Gasteiger partial charge in [-0.2, -0.15) is 0 Å². The van der Waals surface area contributed by atoms with Crippen molar-refractivity contribution in [1.29, 1.82) is 0 Å². The molecule has 2 aliphatic heterocycles. The van der Waals surface area contributed by atoms with Crippen molar-refractivity contribution in [2.45, 2.75) is 74.0 Å². The minimum atomic E-state index is -0.810. The van der Waals surface area contributed by atoms with E-state index in [1.165, 1.54) is 42.4 Å². The fourth-order valence-corrected chi connectivity index (χ4v) is 24.8. The molecule has 2 saturated heterocycles. The first-order chi connectivity index (χ1) is 40.4. The van der Waals surface area contributed by atoms with Gasteiger partial charge in [-0.3, -0.25) is 19.2 Å². The molecule has 4 atom stereocenters. The first-order valence-electron chi connectivity index (χ1n) is 29.1. The molecule has 0 spiro atoms. The highest BCUT2D eigenvalue weighted by Crippen LogP contribution is 2.56. The number of benzene rings is 8. The Morgan fingerprint density at radius 3 is 0.683 bits per heavy atom. The number of amides is 4. The number of hydrogen-bond donors (Lipinski definition) is 2. The standard InChI is InChI=1S/C70H74N4O4P4/c75-67(45-27-47-69(77)73-51-63(79(55-29-9-1-10-30-55)56-31-11-2-12-32-56)64(52-73)80(57-33-13-3-14-34-57)58-35-15-4-16-36-58)71-49-25-26-50-72-68(76)46-28-48-70(78)74-53-65(81(59-37-17-5-18-38-59)60-39-19-6-20-40-60)66(54-74)82(61-41-21-7-22-42-61)62-43-23-8-24-44-62/h1-24,29-44,63-66H,25-28,45-54H2,(H,71,75)(H,72,76)/t63-,64-,65-,66-/m1/s1. The fourth-order valence-electron chi connectivity index (χ4n) is 11.8. The van der Waals surface area contributed by atoms with Crippen molar-refractivity contribution in [3.05, 3.63) is 243 Å². The smallest absolute Gasteiger partial charge is 0.222 e. The summed E-state index contributed by atoms with van der Waals surface area (Å²) in [6.45, 7) is 3.71. The highest BCUT2D eigenvalue weighted by molar-refractivity contribution is 7.78. The molecule has 8 aromatic rings. The summed E-state index contributed by atoms with van der Waals surface area (Å²) in [5.41, 5.74) is 0.926. The van der Waals surface area contributed by atoms with Crippen LogP contribution >= 0.6 is 31.7 Å². The predicted molar refractivity (Wildman–Crippen MR) is 348 cm³/mol. The van der Waals surface area contributed by atoms with E-state index in [9.17, 15) is 19.2 Å². The monoisotopic (exact) mass is 1160 g/mol. The van der Waals surface area contributed by atoms with Crippen LogP contribution in [0.15, 0.2) is 243 Å². The first kappa shape index (κ1) is 58.6. The van der Waals surface area contributed by atoms with Gasteiger partial charge in [0.1, 0.15) is 0 Å². The molecule has 12 heteroatoms. The summed E-state index contributed by atoms with van der Waals surface area (Å²) in [5, 5.41) is 16.7. The third-order valence-electron chi connectivity index (χ3n) is 15.7. The number of carbonyl (C=O) groups excluding carboxylic acids is 4. The second-order valence-electron chi connectivity index (χ2n) is 21.1. The summed E-state index contributed by atoms with van der Waals surface area (Å²) < 4.78 is 0. The molecule has 2 fully saturated rings. The van der Waals surface area contributed by atoms with Crippen molar-refractivity contribution < 1.29 is 19.2 Å². The number of carbonyl (C=O) groups is 4. The SMILES string of the molecule is O=C(CCCC(=O)N1C[C@@H](P(c2ccccc2)c2ccccc2)[C@H](P(c2ccccc2)c2ccccc2)C1)NCCCCNC(=O)CCCC(=O)N1C[C@@H](P(c2ccccc2)c2ccccc2)[C@H](P(c2ccccc2)c2ccccc2)C1. The highest BCUT2D eigenvalue weighted by Gasteiger charge is 2.47. The zero-order valence-corrected chi connectivity index (χ0v) is 50.2. The molecule has 82 heavy (non-hydrogen) atoms. The van der Waals surface area contributed by atoms with E-state index < -0.39 is 31.7 Å². The Balaban J connectivity index is 0.688. The van der Waals surface area contributed by atoms with Crippen LogP contribution in [0, 0.1) is 0 Å². The van der Waals surface area contributed by atoms with Crippen LogP contribution in [0.1, 0.15) is 51.4 Å². The van der Waals surface area contributed by atoms with Crippen LogP contribution in [0.25, 0.3) is 0 Å². The molecule has 2 N–H and O–H groups in total. The van der Waals surface area contributed by atoms with Crippen molar-refractivity contribution in [3.8, 4) is 0 Å². The van der Waals surface area contributed by atoms with E-state index in [0.29, 0.717) is 65.0 Å². The van der Waals surface area contributed by atoms with E-state index >= 15 is 0 Å². The van der Waals surface area contributed by atoms with Crippen LogP contribution in [0.2, 0.25) is 0 Å². The molecule has 10 rings (SSSR count). The summed E-state index contributed by atoms with van der Waals surface area (Å²) in [7, 11) is -3.24. The van der Waals surface area contributed by atoms with Crippen molar-refractivity contribution in [3.63, 3.8) is 0 Å². The van der Waals surface area contributed by atoms with Crippen LogP contribution < -0.4 is 53.1 Å². The number of unbranched alkanes of at least 4 members (excludes halogenated alkanes) is 1. The minimum absolute atomic E-state index is 0.0591. The van der Waals surface area contributed by atoms with E-state index in [1.807, 2.05) is 0 Å². The lowest BCUT2D eigenvalue weighted by atomic mass is 10.2. The van der Waals surface area contributed by atoms with Crippen LogP contribution in [-0.2, 0) is 19.2 Å². The third-order valence-corrected chi connectivity index (χ3v) is 27.7. The lowest BCUT2D eigenvalue weighted by Gasteiger charge is -2.34. The Bertz CT molecular complexity index is 2690. The average molecular weight is 1160 g/mol. The molecule has 0 saturated carbocycles. The van der Waals surface area contributed by atoms with Crippen molar-refractivity contribution in [2.24, 2.45) is 0 Å². The van der Waals surface area contributed by atoms with Crippen molar-refractivity contribution in [2.75, 3.05) is 39.3 Å². The molecule has 8 nitrogen and oxygen atoms in total. The van der Waals surface area contributed by atoms with Crippen LogP contribution in [-0.4, -0.2) is 95.3 Å². The van der Waals surface area contributed by atoms with Crippen molar-refractivity contribution in [1.82, 2.24) is 20.4 Å². The highest BCUT2D eigenvalue weighted by atomic mass is 31.1. The molecule has 0 bridgehead atoms. The molecule has 418 valence electrons. The minimum Gasteiger partial charge on any atom is -0.356 e. The van der Waals surface area contributed by atoms with Gasteiger partial charge in [0.15, 0.2) is 0 Å². The number of likely N-dealkylation sites (tertiary alicyclic amines) is 2. The van der Waals surface area contributed by atoms with E-state index in [-0.39, 0.29) is 59.1 Å². The zero-order valence-electron chi connectivity index (χ0n) is 46.6. The maximum Gasteiger partial charge on any atom is 0.222 e. The lowest BCUT2D eigenvalue weighted by Crippen LogP contribution is -2.34. The number of nitrogens with zero attached hydrogens (tertiary/aromatic N) is 2.